The van der Waals surface area contributed by atoms with Gasteiger partial charge in [0.25, 0.3) is 0 Å². The minimum absolute atomic E-state index is 0.165. The van der Waals surface area contributed by atoms with Crippen molar-refractivity contribution in [2.45, 2.75) is 40.2 Å². The lowest BCUT2D eigenvalue weighted by Gasteiger charge is -2.23. The zero-order valence-electron chi connectivity index (χ0n) is 15.5. The Kier molecular flexibility index (Phi) is 5.69. The van der Waals surface area contributed by atoms with Gasteiger partial charge in [0.05, 0.1) is 36.5 Å². The Labute approximate surface area is 151 Å². The van der Waals surface area contributed by atoms with Crippen molar-refractivity contribution in [3.8, 4) is 5.75 Å². The van der Waals surface area contributed by atoms with E-state index in [2.05, 4.69) is 5.32 Å². The average Bonchev–Trinajstić information content (AvgIpc) is 2.54. The van der Waals surface area contributed by atoms with Crippen LogP contribution in [0, 0.1) is 19.8 Å². The van der Waals surface area contributed by atoms with Crippen molar-refractivity contribution in [2.24, 2.45) is 5.92 Å². The number of aliphatic carboxylic acids is 1. The van der Waals surface area contributed by atoms with Gasteiger partial charge in [0.1, 0.15) is 11.3 Å². The molecule has 1 N–H and O–H groups in total. The van der Waals surface area contributed by atoms with Crippen LogP contribution in [0.5, 0.6) is 5.75 Å². The number of carbonyl (C=O) groups excluding carboxylic acids is 2. The summed E-state index contributed by atoms with van der Waals surface area (Å²) in [5.41, 5.74) is 1.35. The maximum atomic E-state index is 12.3. The molecule has 26 heavy (non-hydrogen) atoms. The summed E-state index contributed by atoms with van der Waals surface area (Å²) in [4.78, 5) is 35.7. The largest absolute Gasteiger partial charge is 0.548 e. The smallest absolute Gasteiger partial charge is 0.340 e. The number of aryl methyl sites for hydroxylation is 2. The van der Waals surface area contributed by atoms with E-state index in [-0.39, 0.29) is 17.9 Å². The maximum absolute atomic E-state index is 12.3. The van der Waals surface area contributed by atoms with Crippen LogP contribution in [0.1, 0.15) is 30.5 Å². The quantitative estimate of drug-likeness (QED) is 0.765. The molecule has 0 saturated carbocycles. The number of fused-ring (bicyclic) bond motifs is 1. The average molecular weight is 360 g/mol. The van der Waals surface area contributed by atoms with E-state index >= 15 is 0 Å². The molecule has 0 unspecified atom stereocenters. The fraction of sp³-hybridized carbons (Fsp3) is 0.421. The highest BCUT2D eigenvalue weighted by molar-refractivity contribution is 5.90. The van der Waals surface area contributed by atoms with Gasteiger partial charge in [-0.3, -0.25) is 4.79 Å². The van der Waals surface area contributed by atoms with E-state index in [0.29, 0.717) is 22.3 Å². The summed E-state index contributed by atoms with van der Waals surface area (Å²) in [7, 11) is 1.51. The van der Waals surface area contributed by atoms with Gasteiger partial charge in [-0.15, -0.1) is 0 Å². The minimum atomic E-state index is -1.37. The molecular formula is C19H22NO6-. The van der Waals surface area contributed by atoms with Crippen LogP contribution in [0.4, 0.5) is 0 Å². The summed E-state index contributed by atoms with van der Waals surface area (Å²) in [6, 6.07) is 2.40. The van der Waals surface area contributed by atoms with Gasteiger partial charge in [-0.2, -0.15) is 0 Å². The second-order valence-corrected chi connectivity index (χ2v) is 6.62. The molecule has 2 aromatic rings. The van der Waals surface area contributed by atoms with Gasteiger partial charge in [0.15, 0.2) is 0 Å². The third kappa shape index (κ3) is 3.87. The normalized spacial score (nSPS) is 12.2. The molecule has 7 heteroatoms. The molecule has 140 valence electrons. The number of carboxylic acids is 1. The van der Waals surface area contributed by atoms with E-state index in [1.54, 1.807) is 26.8 Å². The highest BCUT2D eigenvalue weighted by Crippen LogP contribution is 2.30. The Morgan fingerprint density at radius 3 is 2.46 bits per heavy atom. The lowest BCUT2D eigenvalue weighted by atomic mass is 10.0. The van der Waals surface area contributed by atoms with Crippen molar-refractivity contribution in [1.29, 1.82) is 0 Å². The maximum Gasteiger partial charge on any atom is 0.340 e. The molecule has 0 spiro atoms. The number of rotatable bonds is 6. The number of carbonyl (C=O) groups is 2. The lowest BCUT2D eigenvalue weighted by molar-refractivity contribution is -0.309. The summed E-state index contributed by atoms with van der Waals surface area (Å²) < 4.78 is 10.7. The van der Waals surface area contributed by atoms with E-state index in [1.807, 2.05) is 13.0 Å². The predicted molar refractivity (Wildman–Crippen MR) is 94.0 cm³/mol. The van der Waals surface area contributed by atoms with Crippen molar-refractivity contribution in [3.05, 3.63) is 39.2 Å². The molecule has 7 nitrogen and oxygen atoms in total. The Bertz CT molecular complexity index is 912. The Morgan fingerprint density at radius 1 is 1.27 bits per heavy atom. The van der Waals surface area contributed by atoms with Crippen LogP contribution in [0.15, 0.2) is 21.3 Å². The first-order valence-electron chi connectivity index (χ1n) is 8.26. The van der Waals surface area contributed by atoms with Crippen molar-refractivity contribution in [3.63, 3.8) is 0 Å². The molecule has 0 radical (unpaired) electrons. The number of benzene rings is 1. The first-order chi connectivity index (χ1) is 12.1. The monoisotopic (exact) mass is 360 g/mol. The first-order valence-corrected chi connectivity index (χ1v) is 8.26. The van der Waals surface area contributed by atoms with Gasteiger partial charge < -0.3 is 24.4 Å². The molecular weight excluding hydrogens is 338 g/mol. The van der Waals surface area contributed by atoms with Crippen molar-refractivity contribution >= 4 is 22.8 Å². The van der Waals surface area contributed by atoms with Crippen molar-refractivity contribution in [2.75, 3.05) is 7.11 Å². The number of methoxy groups -OCH3 is 1. The molecule has 0 aliphatic rings. The standard InChI is InChI=1S/C19H23NO6/c1-9(2)17(18(22)23)20-15(21)8-12-11(4)16-13(25-5)6-10(3)7-14(16)26-19(12)24/h6-7,9,17H,8H2,1-5H3,(H,20,21)(H,22,23)/p-1/t17-/m0/s1. The van der Waals surface area contributed by atoms with Gasteiger partial charge in [-0.1, -0.05) is 13.8 Å². The Morgan fingerprint density at radius 2 is 1.92 bits per heavy atom. The van der Waals surface area contributed by atoms with Crippen LogP contribution < -0.4 is 20.8 Å². The van der Waals surface area contributed by atoms with Crippen LogP contribution >= 0.6 is 0 Å². The number of carboxylic acid groups (broad SMARTS) is 1. The van der Waals surface area contributed by atoms with Crippen molar-refractivity contribution in [1.82, 2.24) is 5.32 Å². The molecule has 0 bridgehead atoms. The Balaban J connectivity index is 2.44. The van der Waals surface area contributed by atoms with E-state index in [0.717, 1.165) is 5.56 Å². The first kappa shape index (κ1) is 19.5. The van der Waals surface area contributed by atoms with Crippen LogP contribution in [-0.4, -0.2) is 25.0 Å². The third-order valence-corrected chi connectivity index (χ3v) is 4.28. The van der Waals surface area contributed by atoms with Crippen LogP contribution in [0.2, 0.25) is 0 Å². The molecule has 1 amide bonds. The van der Waals surface area contributed by atoms with Gasteiger partial charge in [-0.25, -0.2) is 4.79 Å². The number of ether oxygens (including phenoxy) is 1. The van der Waals surface area contributed by atoms with Gasteiger partial charge in [0.2, 0.25) is 5.91 Å². The number of nitrogens with one attached hydrogen (secondary N) is 1. The highest BCUT2D eigenvalue weighted by Gasteiger charge is 2.21. The summed E-state index contributed by atoms with van der Waals surface area (Å²) >= 11 is 0. The van der Waals surface area contributed by atoms with Crippen LogP contribution in [0.3, 0.4) is 0 Å². The molecule has 0 fully saturated rings. The molecule has 1 atom stereocenters. The second kappa shape index (κ2) is 7.59. The zero-order chi connectivity index (χ0) is 19.6. The van der Waals surface area contributed by atoms with E-state index in [4.69, 9.17) is 9.15 Å². The molecule has 1 heterocycles. The second-order valence-electron chi connectivity index (χ2n) is 6.62. The fourth-order valence-corrected chi connectivity index (χ4v) is 2.89. The van der Waals surface area contributed by atoms with Gasteiger partial charge in [-0.05, 0) is 43.0 Å². The molecule has 0 aliphatic heterocycles. The number of hydrogen-bond donors (Lipinski definition) is 1. The SMILES string of the molecule is COc1cc(C)cc2oc(=O)c(CC(=O)N[C@H](C(=O)[O-])C(C)C)c(C)c12. The molecule has 1 aromatic heterocycles. The molecule has 1 aromatic carbocycles. The predicted octanol–water partition coefficient (Wildman–Crippen LogP) is 0.852. The number of amides is 1. The highest BCUT2D eigenvalue weighted by atomic mass is 16.5. The van der Waals surface area contributed by atoms with E-state index < -0.39 is 23.5 Å². The van der Waals surface area contributed by atoms with Gasteiger partial charge >= 0.3 is 5.63 Å². The topological polar surface area (TPSA) is 109 Å². The fourth-order valence-electron chi connectivity index (χ4n) is 2.89. The van der Waals surface area contributed by atoms with Crippen molar-refractivity contribution < 1.29 is 23.8 Å². The molecule has 0 aliphatic carbocycles. The minimum Gasteiger partial charge on any atom is -0.548 e. The molecule has 0 saturated heterocycles. The zero-order valence-corrected chi connectivity index (χ0v) is 15.5. The molecule has 2 rings (SSSR count). The summed E-state index contributed by atoms with van der Waals surface area (Å²) in [5.74, 6) is -1.76. The third-order valence-electron chi connectivity index (χ3n) is 4.28. The number of hydrogen-bond acceptors (Lipinski definition) is 6. The Hall–Kier alpha value is -2.83. The van der Waals surface area contributed by atoms with Crippen LogP contribution in [0.25, 0.3) is 11.0 Å². The van der Waals surface area contributed by atoms with Gasteiger partial charge in [0, 0.05) is 0 Å². The summed E-state index contributed by atoms with van der Waals surface area (Å²) in [6.45, 7) is 6.87. The van der Waals surface area contributed by atoms with E-state index in [9.17, 15) is 19.5 Å². The lowest BCUT2D eigenvalue weighted by Crippen LogP contribution is -2.51. The summed E-state index contributed by atoms with van der Waals surface area (Å²) in [6.07, 6.45) is -0.294. The summed E-state index contributed by atoms with van der Waals surface area (Å²) in [5, 5.41) is 14.1. The van der Waals surface area contributed by atoms with Crippen LogP contribution in [-0.2, 0) is 16.0 Å². The van der Waals surface area contributed by atoms with E-state index in [1.165, 1.54) is 7.11 Å².